The SMILES string of the molecule is C=CCOc1ccc(C(=O)OCC(=O)N2N=C(c3ccco3)CC2c2ccco2)cc1. The predicted octanol–water partition coefficient (Wildman–Crippen LogP) is 3.97. The van der Waals surface area contributed by atoms with Gasteiger partial charge < -0.3 is 18.3 Å². The van der Waals surface area contributed by atoms with Gasteiger partial charge >= 0.3 is 5.97 Å². The van der Waals surface area contributed by atoms with Crippen LogP contribution < -0.4 is 4.74 Å². The first-order valence-corrected chi connectivity index (χ1v) is 9.63. The third-order valence-corrected chi connectivity index (χ3v) is 4.63. The summed E-state index contributed by atoms with van der Waals surface area (Å²) in [5, 5.41) is 5.66. The van der Waals surface area contributed by atoms with Crippen LogP contribution in [-0.2, 0) is 9.53 Å². The molecule has 0 bridgehead atoms. The minimum atomic E-state index is -0.618. The smallest absolute Gasteiger partial charge is 0.338 e. The Balaban J connectivity index is 1.42. The summed E-state index contributed by atoms with van der Waals surface area (Å²) < 4.78 is 21.5. The van der Waals surface area contributed by atoms with Crippen LogP contribution in [0.1, 0.15) is 34.3 Å². The van der Waals surface area contributed by atoms with Gasteiger partial charge in [0.05, 0.1) is 18.1 Å². The molecule has 0 fully saturated rings. The van der Waals surface area contributed by atoms with Gasteiger partial charge in [0.1, 0.15) is 35.6 Å². The predicted molar refractivity (Wildman–Crippen MR) is 111 cm³/mol. The molecule has 0 spiro atoms. The van der Waals surface area contributed by atoms with E-state index in [4.69, 9.17) is 18.3 Å². The van der Waals surface area contributed by atoms with Gasteiger partial charge in [0.15, 0.2) is 6.61 Å². The van der Waals surface area contributed by atoms with Crippen LogP contribution in [0, 0.1) is 0 Å². The van der Waals surface area contributed by atoms with Gasteiger partial charge in [-0.25, -0.2) is 9.80 Å². The molecule has 1 atom stereocenters. The molecule has 8 nitrogen and oxygen atoms in total. The first-order valence-electron chi connectivity index (χ1n) is 9.63. The Kier molecular flexibility index (Phi) is 5.98. The number of carbonyl (C=O) groups excluding carboxylic acids is 2. The number of carbonyl (C=O) groups is 2. The maximum Gasteiger partial charge on any atom is 0.338 e. The zero-order chi connectivity index (χ0) is 21.6. The topological polar surface area (TPSA) is 94.5 Å². The van der Waals surface area contributed by atoms with Crippen LogP contribution in [0.3, 0.4) is 0 Å². The molecule has 158 valence electrons. The molecule has 1 aliphatic heterocycles. The largest absolute Gasteiger partial charge is 0.490 e. The van der Waals surface area contributed by atoms with E-state index in [0.717, 1.165) is 0 Å². The Morgan fingerprint density at radius 1 is 1.13 bits per heavy atom. The first-order chi connectivity index (χ1) is 15.2. The second-order valence-corrected chi connectivity index (χ2v) is 6.70. The fraction of sp³-hybridized carbons (Fsp3) is 0.174. The molecule has 1 unspecified atom stereocenters. The third-order valence-electron chi connectivity index (χ3n) is 4.63. The van der Waals surface area contributed by atoms with E-state index in [9.17, 15) is 9.59 Å². The summed E-state index contributed by atoms with van der Waals surface area (Å²) >= 11 is 0. The second kappa shape index (κ2) is 9.17. The highest BCUT2D eigenvalue weighted by atomic mass is 16.5. The van der Waals surface area contributed by atoms with Gasteiger partial charge in [0, 0.05) is 6.42 Å². The number of rotatable bonds is 8. The van der Waals surface area contributed by atoms with Crippen LogP contribution in [0.2, 0.25) is 0 Å². The molecule has 2 aromatic heterocycles. The van der Waals surface area contributed by atoms with Crippen LogP contribution in [0.25, 0.3) is 0 Å². The highest BCUT2D eigenvalue weighted by molar-refractivity contribution is 6.01. The quantitative estimate of drug-likeness (QED) is 0.404. The van der Waals surface area contributed by atoms with Crippen LogP contribution in [0.15, 0.2) is 87.6 Å². The maximum absolute atomic E-state index is 12.8. The molecule has 1 aromatic carbocycles. The van der Waals surface area contributed by atoms with E-state index in [-0.39, 0.29) is 0 Å². The summed E-state index contributed by atoms with van der Waals surface area (Å²) in [5.41, 5.74) is 0.920. The zero-order valence-electron chi connectivity index (χ0n) is 16.6. The van der Waals surface area contributed by atoms with Crippen molar-refractivity contribution in [2.75, 3.05) is 13.2 Å². The fourth-order valence-corrected chi connectivity index (χ4v) is 3.15. The van der Waals surface area contributed by atoms with E-state index in [0.29, 0.717) is 41.6 Å². The zero-order valence-corrected chi connectivity index (χ0v) is 16.6. The number of hydrogen-bond donors (Lipinski definition) is 0. The Bertz CT molecular complexity index is 1070. The summed E-state index contributed by atoms with van der Waals surface area (Å²) in [5.74, 6) is 0.670. The minimum absolute atomic E-state index is 0.308. The van der Waals surface area contributed by atoms with Gasteiger partial charge in [-0.2, -0.15) is 5.10 Å². The van der Waals surface area contributed by atoms with Crippen molar-refractivity contribution in [2.24, 2.45) is 5.10 Å². The lowest BCUT2D eigenvalue weighted by atomic mass is 10.1. The van der Waals surface area contributed by atoms with E-state index >= 15 is 0 Å². The van der Waals surface area contributed by atoms with E-state index in [1.807, 2.05) is 0 Å². The van der Waals surface area contributed by atoms with Crippen LogP contribution in [0.4, 0.5) is 0 Å². The number of hydrazone groups is 1. The Hall–Kier alpha value is -4.07. The molecule has 0 saturated carbocycles. The summed E-state index contributed by atoms with van der Waals surface area (Å²) in [7, 11) is 0. The number of benzene rings is 1. The molecule has 4 rings (SSSR count). The lowest BCUT2D eigenvalue weighted by molar-refractivity contribution is -0.136. The van der Waals surface area contributed by atoms with Crippen molar-refractivity contribution < 1.29 is 27.9 Å². The molecule has 0 N–H and O–H groups in total. The highest BCUT2D eigenvalue weighted by Gasteiger charge is 2.36. The van der Waals surface area contributed by atoms with E-state index in [1.54, 1.807) is 60.9 Å². The van der Waals surface area contributed by atoms with Crippen molar-refractivity contribution in [1.29, 1.82) is 0 Å². The number of esters is 1. The second-order valence-electron chi connectivity index (χ2n) is 6.70. The number of ether oxygens (including phenoxy) is 2. The van der Waals surface area contributed by atoms with Gasteiger partial charge in [-0.05, 0) is 48.5 Å². The average molecular weight is 420 g/mol. The van der Waals surface area contributed by atoms with Crippen molar-refractivity contribution in [3.05, 3.63) is 90.8 Å². The molecular weight excluding hydrogens is 400 g/mol. The van der Waals surface area contributed by atoms with Crippen molar-refractivity contribution >= 4 is 17.6 Å². The molecule has 3 heterocycles. The molecule has 1 amide bonds. The lowest BCUT2D eigenvalue weighted by Crippen LogP contribution is -2.31. The van der Waals surface area contributed by atoms with Crippen molar-refractivity contribution in [2.45, 2.75) is 12.5 Å². The number of amides is 1. The number of hydrogen-bond acceptors (Lipinski definition) is 7. The summed E-state index contributed by atoms with van der Waals surface area (Å²) in [6.07, 6.45) is 5.12. The van der Waals surface area contributed by atoms with Crippen molar-refractivity contribution in [3.8, 4) is 5.75 Å². The molecule has 0 aliphatic carbocycles. The summed E-state index contributed by atoms with van der Waals surface area (Å²) in [4.78, 5) is 25.1. The normalized spacial score (nSPS) is 15.4. The first kappa shape index (κ1) is 20.2. The van der Waals surface area contributed by atoms with Crippen molar-refractivity contribution in [1.82, 2.24) is 5.01 Å². The van der Waals surface area contributed by atoms with Crippen LogP contribution in [-0.4, -0.2) is 35.8 Å². The van der Waals surface area contributed by atoms with Gasteiger partial charge in [-0.3, -0.25) is 4.79 Å². The van der Waals surface area contributed by atoms with Gasteiger partial charge in [0.25, 0.3) is 5.91 Å². The third kappa shape index (κ3) is 4.58. The number of furan rings is 2. The van der Waals surface area contributed by atoms with Crippen molar-refractivity contribution in [3.63, 3.8) is 0 Å². The lowest BCUT2D eigenvalue weighted by Gasteiger charge is -2.19. The molecule has 8 heteroatoms. The monoisotopic (exact) mass is 420 g/mol. The van der Waals surface area contributed by atoms with E-state index in [2.05, 4.69) is 11.7 Å². The highest BCUT2D eigenvalue weighted by Crippen LogP contribution is 2.33. The molecular formula is C23H20N2O6. The average Bonchev–Trinajstić information content (AvgIpc) is 3.56. The number of nitrogens with zero attached hydrogens (tertiary/aromatic N) is 2. The Labute approximate surface area is 178 Å². The molecule has 3 aromatic rings. The van der Waals surface area contributed by atoms with Gasteiger partial charge in [-0.15, -0.1) is 0 Å². The van der Waals surface area contributed by atoms with Gasteiger partial charge in [0.2, 0.25) is 0 Å². The molecule has 1 aliphatic rings. The van der Waals surface area contributed by atoms with E-state index in [1.165, 1.54) is 11.3 Å². The fourth-order valence-electron chi connectivity index (χ4n) is 3.15. The van der Waals surface area contributed by atoms with E-state index < -0.39 is 24.5 Å². The Morgan fingerprint density at radius 3 is 2.58 bits per heavy atom. The summed E-state index contributed by atoms with van der Waals surface area (Å²) in [6, 6.07) is 13.0. The molecule has 0 radical (unpaired) electrons. The van der Waals surface area contributed by atoms with Crippen LogP contribution in [0.5, 0.6) is 5.75 Å². The van der Waals surface area contributed by atoms with Gasteiger partial charge in [-0.1, -0.05) is 12.7 Å². The molecule has 31 heavy (non-hydrogen) atoms. The maximum atomic E-state index is 12.8. The Morgan fingerprint density at radius 2 is 1.90 bits per heavy atom. The minimum Gasteiger partial charge on any atom is -0.490 e. The van der Waals surface area contributed by atoms with Crippen LogP contribution >= 0.6 is 0 Å². The summed E-state index contributed by atoms with van der Waals surface area (Å²) in [6.45, 7) is 3.49. The molecule has 0 saturated heterocycles. The standard InChI is InChI=1S/C23H20N2O6/c1-2-11-28-17-9-7-16(8-10-17)23(27)31-15-22(26)25-19(21-6-4-13-30-21)14-18(24-25)20-5-3-12-29-20/h2-10,12-13,19H,1,11,14-15H2.